The first-order valence-electron chi connectivity index (χ1n) is 11.6. The predicted molar refractivity (Wildman–Crippen MR) is 131 cm³/mol. The van der Waals surface area contributed by atoms with Gasteiger partial charge in [-0.25, -0.2) is 4.79 Å². The Bertz CT molecular complexity index is 1010. The Kier molecular flexibility index (Phi) is 8.83. The maximum absolute atomic E-state index is 13.8. The van der Waals surface area contributed by atoms with E-state index in [0.717, 1.165) is 11.4 Å². The lowest BCUT2D eigenvalue weighted by Crippen LogP contribution is -2.43. The van der Waals surface area contributed by atoms with E-state index in [9.17, 15) is 14.4 Å². The number of carbonyl (C=O) groups excluding carboxylic acids is 3. The Morgan fingerprint density at radius 1 is 1.21 bits per heavy atom. The highest BCUT2D eigenvalue weighted by molar-refractivity contribution is 7.99. The molecule has 0 aromatic heterocycles. The number of Topliss-reactive ketones (excluding diaryl/α,β-unsaturated/α-hetero) is 1. The summed E-state index contributed by atoms with van der Waals surface area (Å²) in [6.45, 7) is 8.32. The molecule has 7 nitrogen and oxygen atoms in total. The number of thioether (sulfide) groups is 1. The summed E-state index contributed by atoms with van der Waals surface area (Å²) in [7, 11) is 1.29. The van der Waals surface area contributed by atoms with E-state index in [0.29, 0.717) is 46.9 Å². The summed E-state index contributed by atoms with van der Waals surface area (Å²) in [6, 6.07) is 7.38. The molecule has 1 aromatic carbocycles. The van der Waals surface area contributed by atoms with Gasteiger partial charge in [0.1, 0.15) is 18.3 Å². The van der Waals surface area contributed by atoms with Gasteiger partial charge in [0.05, 0.1) is 25.2 Å². The number of carbonyl (C=O) groups is 3. The van der Waals surface area contributed by atoms with E-state index < -0.39 is 23.8 Å². The summed E-state index contributed by atoms with van der Waals surface area (Å²) in [6.07, 6.45) is 0.487. The summed E-state index contributed by atoms with van der Waals surface area (Å²) in [5, 5.41) is 3.28. The number of nitrogens with one attached hydrogen (secondary N) is 1. The van der Waals surface area contributed by atoms with E-state index in [1.54, 1.807) is 11.8 Å². The zero-order valence-corrected chi connectivity index (χ0v) is 21.3. The zero-order valence-electron chi connectivity index (χ0n) is 20.4. The number of para-hydroxylation sites is 1. The lowest BCUT2D eigenvalue weighted by atomic mass is 9.69. The Balaban J connectivity index is 2.13. The zero-order chi connectivity index (χ0) is 24.8. The van der Waals surface area contributed by atoms with Gasteiger partial charge in [-0.15, -0.1) is 0 Å². The van der Waals surface area contributed by atoms with Crippen LogP contribution in [-0.4, -0.2) is 49.6 Å². The highest BCUT2D eigenvalue weighted by atomic mass is 32.2. The van der Waals surface area contributed by atoms with Crippen molar-refractivity contribution in [1.82, 2.24) is 5.32 Å². The monoisotopic (exact) mass is 487 g/mol. The summed E-state index contributed by atoms with van der Waals surface area (Å²) in [4.78, 5) is 39.7. The van der Waals surface area contributed by atoms with E-state index in [1.807, 2.05) is 52.0 Å². The fraction of sp³-hybridized carbons (Fsp3) is 0.500. The lowest BCUT2D eigenvalue weighted by molar-refractivity contribution is -0.151. The van der Waals surface area contributed by atoms with Gasteiger partial charge in [0.15, 0.2) is 5.78 Å². The molecular weight excluding hydrogens is 454 g/mol. The van der Waals surface area contributed by atoms with Crippen molar-refractivity contribution in [1.29, 1.82) is 0 Å². The minimum Gasteiger partial charge on any atom is -0.494 e. The molecule has 184 valence electrons. The number of dihydropyridines is 1. The molecule has 34 heavy (non-hydrogen) atoms. The standard InChI is InChI=1S/C26H33NO6S/c1-6-32-19-11-9-8-10-17(19)22-21(26(30)33-12-13-34-7-2)16(4)27-18-14-15(3)20(25(29)31-5)24(28)23(18)22/h8-11,15,20,22,27H,6-7,12-14H2,1-5H3. The summed E-state index contributed by atoms with van der Waals surface area (Å²) in [5.41, 5.74) is 2.82. The number of methoxy groups -OCH3 is 1. The number of rotatable bonds is 9. The van der Waals surface area contributed by atoms with E-state index >= 15 is 0 Å². The van der Waals surface area contributed by atoms with E-state index in [1.165, 1.54) is 7.11 Å². The fourth-order valence-corrected chi connectivity index (χ4v) is 5.17. The smallest absolute Gasteiger partial charge is 0.336 e. The van der Waals surface area contributed by atoms with Gasteiger partial charge >= 0.3 is 11.9 Å². The van der Waals surface area contributed by atoms with E-state index in [4.69, 9.17) is 14.2 Å². The summed E-state index contributed by atoms with van der Waals surface area (Å²) in [5.74, 6) is -1.03. The topological polar surface area (TPSA) is 90.9 Å². The number of hydrogen-bond acceptors (Lipinski definition) is 8. The lowest BCUT2D eigenvalue weighted by Gasteiger charge is -2.38. The molecule has 2 aliphatic rings. The SMILES string of the molecule is CCOc1ccccc1C1C(C(=O)OCCSCC)=C(C)NC2=C1C(=O)C(C(=O)OC)C(C)C2. The molecule has 0 saturated heterocycles. The van der Waals surface area contributed by atoms with Crippen molar-refractivity contribution in [2.24, 2.45) is 11.8 Å². The van der Waals surface area contributed by atoms with Crippen LogP contribution in [0.15, 0.2) is 46.8 Å². The molecule has 0 spiro atoms. The van der Waals surface area contributed by atoms with Gasteiger partial charge in [0.2, 0.25) is 0 Å². The van der Waals surface area contributed by atoms with Crippen molar-refractivity contribution in [3.8, 4) is 5.75 Å². The second-order valence-corrected chi connectivity index (χ2v) is 9.73. The van der Waals surface area contributed by atoms with Crippen molar-refractivity contribution in [2.45, 2.75) is 40.0 Å². The van der Waals surface area contributed by atoms with Crippen molar-refractivity contribution in [2.75, 3.05) is 31.8 Å². The quantitative estimate of drug-likeness (QED) is 0.318. The first-order valence-corrected chi connectivity index (χ1v) is 12.8. The van der Waals surface area contributed by atoms with Gasteiger partial charge in [-0.3, -0.25) is 9.59 Å². The van der Waals surface area contributed by atoms with Gasteiger partial charge in [-0.2, -0.15) is 11.8 Å². The largest absolute Gasteiger partial charge is 0.494 e. The molecule has 3 rings (SSSR count). The van der Waals surface area contributed by atoms with Crippen LogP contribution in [0.1, 0.15) is 45.6 Å². The molecule has 1 aliphatic carbocycles. The molecule has 1 aliphatic heterocycles. The average molecular weight is 488 g/mol. The summed E-state index contributed by atoms with van der Waals surface area (Å²) >= 11 is 1.68. The Morgan fingerprint density at radius 3 is 2.62 bits per heavy atom. The summed E-state index contributed by atoms with van der Waals surface area (Å²) < 4.78 is 16.4. The maximum atomic E-state index is 13.8. The molecule has 0 amide bonds. The maximum Gasteiger partial charge on any atom is 0.336 e. The van der Waals surface area contributed by atoms with Gasteiger partial charge in [0.25, 0.3) is 0 Å². The number of benzene rings is 1. The van der Waals surface area contributed by atoms with Crippen LogP contribution in [0.25, 0.3) is 0 Å². The molecule has 1 heterocycles. The van der Waals surface area contributed by atoms with Gasteiger partial charge in [0, 0.05) is 28.3 Å². The van der Waals surface area contributed by atoms with Gasteiger partial charge in [-0.1, -0.05) is 32.0 Å². The third kappa shape index (κ3) is 5.17. The third-order valence-electron chi connectivity index (χ3n) is 6.16. The predicted octanol–water partition coefficient (Wildman–Crippen LogP) is 3.99. The van der Waals surface area contributed by atoms with Crippen molar-refractivity contribution < 1.29 is 28.6 Å². The minimum atomic E-state index is -0.927. The molecule has 0 bridgehead atoms. The average Bonchev–Trinajstić information content (AvgIpc) is 2.81. The molecule has 0 saturated carbocycles. The third-order valence-corrected chi connectivity index (χ3v) is 7.02. The molecule has 8 heteroatoms. The minimum absolute atomic E-state index is 0.235. The second-order valence-electron chi connectivity index (χ2n) is 8.34. The van der Waals surface area contributed by atoms with Crippen LogP contribution in [0, 0.1) is 11.8 Å². The van der Waals surface area contributed by atoms with Crippen LogP contribution in [0.4, 0.5) is 0 Å². The van der Waals surface area contributed by atoms with Crippen LogP contribution in [0.3, 0.4) is 0 Å². The van der Waals surface area contributed by atoms with Crippen molar-refractivity contribution in [3.05, 3.63) is 52.4 Å². The van der Waals surface area contributed by atoms with Crippen molar-refractivity contribution >= 4 is 29.5 Å². The first-order chi connectivity index (χ1) is 16.3. The van der Waals surface area contributed by atoms with Crippen LogP contribution < -0.4 is 10.1 Å². The first kappa shape index (κ1) is 25.9. The second kappa shape index (κ2) is 11.6. The van der Waals surface area contributed by atoms with Crippen LogP contribution in [0.5, 0.6) is 5.75 Å². The Hall–Kier alpha value is -2.74. The van der Waals surface area contributed by atoms with Crippen molar-refractivity contribution in [3.63, 3.8) is 0 Å². The molecular formula is C26H33NO6S. The van der Waals surface area contributed by atoms with Gasteiger partial charge in [-0.05, 0) is 38.0 Å². The molecule has 1 aromatic rings. The number of ketones is 1. The molecule has 0 radical (unpaired) electrons. The fourth-order valence-electron chi connectivity index (χ4n) is 4.68. The highest BCUT2D eigenvalue weighted by Crippen LogP contribution is 2.47. The highest BCUT2D eigenvalue weighted by Gasteiger charge is 2.47. The molecule has 0 fully saturated rings. The number of hydrogen-bond donors (Lipinski definition) is 1. The van der Waals surface area contributed by atoms with E-state index in [-0.39, 0.29) is 18.3 Å². The number of esters is 2. The molecule has 1 N–H and O–H groups in total. The van der Waals surface area contributed by atoms with Crippen LogP contribution in [0.2, 0.25) is 0 Å². The number of allylic oxidation sites excluding steroid dienone is 3. The Labute approximate surface area is 205 Å². The van der Waals surface area contributed by atoms with Gasteiger partial charge < -0.3 is 19.5 Å². The van der Waals surface area contributed by atoms with E-state index in [2.05, 4.69) is 5.32 Å². The van der Waals surface area contributed by atoms with Crippen LogP contribution in [-0.2, 0) is 23.9 Å². The normalized spacial score (nSPS) is 22.1. The van der Waals surface area contributed by atoms with Crippen LogP contribution >= 0.6 is 11.8 Å². The molecule has 3 unspecified atom stereocenters. The molecule has 3 atom stereocenters. The Morgan fingerprint density at radius 2 is 1.94 bits per heavy atom. The number of ether oxygens (including phenoxy) is 3.